The van der Waals surface area contributed by atoms with Gasteiger partial charge in [-0.05, 0) is 6.07 Å². The van der Waals surface area contributed by atoms with Gasteiger partial charge in [0.2, 0.25) is 0 Å². The van der Waals surface area contributed by atoms with Crippen molar-refractivity contribution in [2.45, 2.75) is 6.04 Å². The molecular weight excluding hydrogens is 173 g/mol. The van der Waals surface area contributed by atoms with Crippen LogP contribution in [-0.2, 0) is 4.74 Å². The van der Waals surface area contributed by atoms with Crippen molar-refractivity contribution in [3.05, 3.63) is 29.6 Å². The predicted octanol–water partition coefficient (Wildman–Crippen LogP) is 1.18. The fourth-order valence-electron chi connectivity index (χ4n) is 1.09. The molecule has 0 amide bonds. The lowest BCUT2D eigenvalue weighted by Crippen LogP contribution is -2.17. The number of phenols is 1. The first-order chi connectivity index (χ1) is 6.15. The number of hydrogen-bond donors (Lipinski definition) is 2. The lowest BCUT2D eigenvalue weighted by atomic mass is 10.1. The third-order valence-corrected chi connectivity index (χ3v) is 1.73. The van der Waals surface area contributed by atoms with E-state index in [0.29, 0.717) is 5.56 Å². The van der Waals surface area contributed by atoms with Gasteiger partial charge in [-0.1, -0.05) is 6.07 Å². The Morgan fingerprint density at radius 1 is 1.62 bits per heavy atom. The summed E-state index contributed by atoms with van der Waals surface area (Å²) in [7, 11) is 1.50. The van der Waals surface area contributed by atoms with E-state index in [1.807, 2.05) is 0 Å². The molecule has 1 aromatic carbocycles. The van der Waals surface area contributed by atoms with Crippen molar-refractivity contribution in [2.75, 3.05) is 13.7 Å². The van der Waals surface area contributed by atoms with Crippen LogP contribution in [0.3, 0.4) is 0 Å². The summed E-state index contributed by atoms with van der Waals surface area (Å²) in [6.45, 7) is 0.252. The Morgan fingerprint density at radius 2 is 2.31 bits per heavy atom. The number of nitrogens with two attached hydrogens (primary N) is 1. The molecule has 1 atom stereocenters. The van der Waals surface area contributed by atoms with E-state index in [2.05, 4.69) is 0 Å². The summed E-state index contributed by atoms with van der Waals surface area (Å²) in [6, 6.07) is 3.39. The zero-order valence-electron chi connectivity index (χ0n) is 7.33. The number of ether oxygens (including phenoxy) is 1. The van der Waals surface area contributed by atoms with Crippen LogP contribution < -0.4 is 5.73 Å². The molecule has 1 unspecified atom stereocenters. The molecule has 0 saturated carbocycles. The highest BCUT2D eigenvalue weighted by Gasteiger charge is 2.11. The van der Waals surface area contributed by atoms with Gasteiger partial charge in [0, 0.05) is 18.7 Å². The third kappa shape index (κ3) is 2.40. The molecule has 0 spiro atoms. The van der Waals surface area contributed by atoms with E-state index < -0.39 is 11.9 Å². The molecule has 0 radical (unpaired) electrons. The number of hydrogen-bond acceptors (Lipinski definition) is 3. The summed E-state index contributed by atoms with van der Waals surface area (Å²) in [6.07, 6.45) is 0. The Labute approximate surface area is 75.9 Å². The monoisotopic (exact) mass is 185 g/mol. The summed E-state index contributed by atoms with van der Waals surface area (Å²) in [5.74, 6) is -0.615. The van der Waals surface area contributed by atoms with Crippen molar-refractivity contribution in [2.24, 2.45) is 5.73 Å². The second kappa shape index (κ2) is 4.20. The van der Waals surface area contributed by atoms with Gasteiger partial charge in [-0.3, -0.25) is 0 Å². The van der Waals surface area contributed by atoms with Gasteiger partial charge in [0.05, 0.1) is 12.6 Å². The first-order valence-electron chi connectivity index (χ1n) is 3.88. The summed E-state index contributed by atoms with van der Waals surface area (Å²) in [5.41, 5.74) is 5.96. The zero-order chi connectivity index (χ0) is 9.84. The summed E-state index contributed by atoms with van der Waals surface area (Å²) in [5, 5.41) is 8.94. The van der Waals surface area contributed by atoms with E-state index in [-0.39, 0.29) is 12.4 Å². The summed E-state index contributed by atoms with van der Waals surface area (Å²) >= 11 is 0. The molecule has 0 saturated heterocycles. The standard InChI is InChI=1S/C9H12FNO2/c1-13-5-9(11)7-3-2-6(12)4-8(7)10/h2-4,9,12H,5,11H2,1H3. The van der Waals surface area contributed by atoms with Crippen LogP contribution >= 0.6 is 0 Å². The highest BCUT2D eigenvalue weighted by atomic mass is 19.1. The van der Waals surface area contributed by atoms with E-state index in [1.54, 1.807) is 0 Å². The number of methoxy groups -OCH3 is 1. The quantitative estimate of drug-likeness (QED) is 0.743. The Kier molecular flexibility index (Phi) is 3.22. The van der Waals surface area contributed by atoms with Crippen molar-refractivity contribution >= 4 is 0 Å². The van der Waals surface area contributed by atoms with Gasteiger partial charge < -0.3 is 15.6 Å². The number of halogens is 1. The number of benzene rings is 1. The molecule has 0 aliphatic heterocycles. The van der Waals surface area contributed by atoms with Crippen molar-refractivity contribution in [1.29, 1.82) is 0 Å². The van der Waals surface area contributed by atoms with Crippen molar-refractivity contribution in [1.82, 2.24) is 0 Å². The average molecular weight is 185 g/mol. The minimum absolute atomic E-state index is 0.106. The van der Waals surface area contributed by atoms with Crippen LogP contribution in [0.5, 0.6) is 5.75 Å². The van der Waals surface area contributed by atoms with Gasteiger partial charge >= 0.3 is 0 Å². The second-order valence-corrected chi connectivity index (χ2v) is 2.77. The van der Waals surface area contributed by atoms with Gasteiger partial charge in [-0.25, -0.2) is 4.39 Å². The molecule has 4 heteroatoms. The highest BCUT2D eigenvalue weighted by Crippen LogP contribution is 2.19. The van der Waals surface area contributed by atoms with Gasteiger partial charge in [0.25, 0.3) is 0 Å². The minimum Gasteiger partial charge on any atom is -0.508 e. The molecule has 1 aromatic rings. The number of rotatable bonds is 3. The smallest absolute Gasteiger partial charge is 0.131 e. The van der Waals surface area contributed by atoms with Crippen molar-refractivity contribution < 1.29 is 14.2 Å². The molecule has 3 nitrogen and oxygen atoms in total. The Balaban J connectivity index is 2.88. The molecule has 13 heavy (non-hydrogen) atoms. The molecule has 0 aliphatic rings. The van der Waals surface area contributed by atoms with Crippen LogP contribution in [-0.4, -0.2) is 18.8 Å². The summed E-state index contributed by atoms with van der Waals surface area (Å²) in [4.78, 5) is 0. The van der Waals surface area contributed by atoms with Crippen molar-refractivity contribution in [3.63, 3.8) is 0 Å². The Morgan fingerprint density at radius 3 is 2.85 bits per heavy atom. The van der Waals surface area contributed by atoms with Crippen molar-refractivity contribution in [3.8, 4) is 5.75 Å². The third-order valence-electron chi connectivity index (χ3n) is 1.73. The first kappa shape index (κ1) is 9.95. The van der Waals surface area contributed by atoms with Gasteiger partial charge in [0.15, 0.2) is 0 Å². The largest absolute Gasteiger partial charge is 0.508 e. The number of aromatic hydroxyl groups is 1. The molecule has 0 bridgehead atoms. The zero-order valence-corrected chi connectivity index (χ0v) is 7.33. The van der Waals surface area contributed by atoms with Gasteiger partial charge in [-0.2, -0.15) is 0 Å². The average Bonchev–Trinajstić information content (AvgIpc) is 2.04. The molecule has 1 rings (SSSR count). The van der Waals surface area contributed by atoms with Crippen LogP contribution in [0.25, 0.3) is 0 Å². The van der Waals surface area contributed by atoms with Crippen LogP contribution in [0.15, 0.2) is 18.2 Å². The maximum Gasteiger partial charge on any atom is 0.131 e. The molecule has 0 heterocycles. The molecule has 3 N–H and O–H groups in total. The second-order valence-electron chi connectivity index (χ2n) is 2.77. The predicted molar refractivity (Wildman–Crippen MR) is 46.9 cm³/mol. The fourth-order valence-corrected chi connectivity index (χ4v) is 1.09. The molecular formula is C9H12FNO2. The lowest BCUT2D eigenvalue weighted by Gasteiger charge is -2.11. The van der Waals surface area contributed by atoms with E-state index in [4.69, 9.17) is 15.6 Å². The molecule has 0 aliphatic carbocycles. The van der Waals surface area contributed by atoms with Crippen LogP contribution in [0.4, 0.5) is 4.39 Å². The van der Waals surface area contributed by atoms with E-state index in [1.165, 1.54) is 19.2 Å². The molecule has 0 aromatic heterocycles. The molecule has 0 fully saturated rings. The minimum atomic E-state index is -0.510. The molecule has 72 valence electrons. The Hall–Kier alpha value is -1.13. The lowest BCUT2D eigenvalue weighted by molar-refractivity contribution is 0.179. The first-order valence-corrected chi connectivity index (χ1v) is 3.88. The summed E-state index contributed by atoms with van der Waals surface area (Å²) < 4.78 is 17.9. The maximum atomic E-state index is 13.1. The van der Waals surface area contributed by atoms with Gasteiger partial charge in [0.1, 0.15) is 11.6 Å². The topological polar surface area (TPSA) is 55.5 Å². The SMILES string of the molecule is COCC(N)c1ccc(O)cc1F. The highest BCUT2D eigenvalue weighted by molar-refractivity contribution is 5.29. The van der Waals surface area contributed by atoms with Gasteiger partial charge in [-0.15, -0.1) is 0 Å². The van der Waals surface area contributed by atoms with Crippen LogP contribution in [0.1, 0.15) is 11.6 Å². The normalized spacial score (nSPS) is 12.8. The fraction of sp³-hybridized carbons (Fsp3) is 0.333. The van der Waals surface area contributed by atoms with E-state index in [9.17, 15) is 4.39 Å². The van der Waals surface area contributed by atoms with E-state index >= 15 is 0 Å². The maximum absolute atomic E-state index is 13.1. The number of phenolic OH excluding ortho intramolecular Hbond substituents is 1. The van der Waals surface area contributed by atoms with Crippen LogP contribution in [0, 0.1) is 5.82 Å². The Bertz CT molecular complexity index is 291. The van der Waals surface area contributed by atoms with E-state index in [0.717, 1.165) is 6.07 Å². The van der Waals surface area contributed by atoms with Crippen LogP contribution in [0.2, 0.25) is 0 Å².